The Kier molecular flexibility index (Phi) is 5.62. The Morgan fingerprint density at radius 3 is 2.69 bits per heavy atom. The Labute approximate surface area is 168 Å². The van der Waals surface area contributed by atoms with Gasteiger partial charge in [-0.15, -0.1) is 0 Å². The van der Waals surface area contributed by atoms with Gasteiger partial charge in [-0.05, 0) is 43.2 Å². The van der Waals surface area contributed by atoms with Gasteiger partial charge in [0.2, 0.25) is 0 Å². The van der Waals surface area contributed by atoms with Crippen molar-refractivity contribution in [1.29, 1.82) is 0 Å². The van der Waals surface area contributed by atoms with Crippen LogP contribution >= 0.6 is 0 Å². The number of fused-ring (bicyclic) bond motifs is 1. The summed E-state index contributed by atoms with van der Waals surface area (Å²) in [6, 6.07) is 17.1. The predicted octanol–water partition coefficient (Wildman–Crippen LogP) is 2.75. The van der Waals surface area contributed by atoms with Gasteiger partial charge in [-0.25, -0.2) is 9.67 Å². The molecule has 4 N–H and O–H groups in total. The molecule has 29 heavy (non-hydrogen) atoms. The van der Waals surface area contributed by atoms with Crippen LogP contribution in [0.3, 0.4) is 0 Å². The van der Waals surface area contributed by atoms with Gasteiger partial charge in [-0.1, -0.05) is 24.3 Å². The molecule has 0 amide bonds. The minimum atomic E-state index is -0.207. The van der Waals surface area contributed by atoms with Crippen LogP contribution in [-0.4, -0.2) is 36.6 Å². The summed E-state index contributed by atoms with van der Waals surface area (Å²) >= 11 is 0. The van der Waals surface area contributed by atoms with Gasteiger partial charge in [-0.2, -0.15) is 5.10 Å². The number of nitrogens with zero attached hydrogens (tertiary/aromatic N) is 4. The Balaban J connectivity index is 1.72. The first kappa shape index (κ1) is 19.2. The summed E-state index contributed by atoms with van der Waals surface area (Å²) < 4.78 is 1.76. The fourth-order valence-corrected chi connectivity index (χ4v) is 3.31. The first-order valence-corrected chi connectivity index (χ1v) is 9.58. The molecule has 7 nitrogen and oxygen atoms in total. The summed E-state index contributed by atoms with van der Waals surface area (Å²) in [6.45, 7) is 0.00506. The number of rotatable bonds is 7. The van der Waals surface area contributed by atoms with E-state index in [4.69, 9.17) is 15.8 Å². The molecule has 0 spiro atoms. The van der Waals surface area contributed by atoms with E-state index in [1.165, 1.54) is 0 Å². The largest absolute Gasteiger partial charge is 0.396 e. The lowest BCUT2D eigenvalue weighted by Crippen LogP contribution is -2.12. The van der Waals surface area contributed by atoms with Crippen LogP contribution in [0.15, 0.2) is 60.8 Å². The van der Waals surface area contributed by atoms with E-state index in [-0.39, 0.29) is 19.3 Å². The minimum absolute atomic E-state index is 0.120. The molecule has 0 aliphatic rings. The fraction of sp³-hybridized carbons (Fsp3) is 0.227. The van der Waals surface area contributed by atoms with E-state index in [0.29, 0.717) is 24.4 Å². The topological polar surface area (TPSA) is 110 Å². The van der Waals surface area contributed by atoms with Gasteiger partial charge in [0.25, 0.3) is 0 Å². The van der Waals surface area contributed by atoms with Gasteiger partial charge in [0, 0.05) is 23.6 Å². The van der Waals surface area contributed by atoms with Gasteiger partial charge in [0.05, 0.1) is 35.4 Å². The zero-order valence-corrected chi connectivity index (χ0v) is 15.9. The molecular weight excluding hydrogens is 366 g/mol. The molecule has 7 heteroatoms. The Morgan fingerprint density at radius 1 is 1.00 bits per heavy atom. The highest BCUT2D eigenvalue weighted by molar-refractivity contribution is 5.84. The van der Waals surface area contributed by atoms with E-state index in [1.54, 1.807) is 16.9 Å². The van der Waals surface area contributed by atoms with E-state index >= 15 is 0 Å². The number of aliphatic hydroxyl groups is 2. The second-order valence-electron chi connectivity index (χ2n) is 6.90. The van der Waals surface area contributed by atoms with Crippen LogP contribution in [0.5, 0.6) is 0 Å². The SMILES string of the molecule is N[C@@H](CCCO)c1cccc(-c2ccc3cnn(-c4cccc(CO)n4)c3c2)n1. The number of benzene rings is 1. The lowest BCUT2D eigenvalue weighted by Gasteiger charge is -2.12. The number of aliphatic hydroxyl groups excluding tert-OH is 2. The summed E-state index contributed by atoms with van der Waals surface area (Å²) in [5.74, 6) is 0.649. The van der Waals surface area contributed by atoms with Crippen LogP contribution < -0.4 is 5.73 Å². The number of hydrogen-bond acceptors (Lipinski definition) is 6. The molecule has 3 aromatic heterocycles. The molecule has 1 atom stereocenters. The minimum Gasteiger partial charge on any atom is -0.396 e. The van der Waals surface area contributed by atoms with Crippen molar-refractivity contribution in [1.82, 2.24) is 19.7 Å². The zero-order chi connectivity index (χ0) is 20.2. The number of aromatic nitrogens is 4. The molecule has 3 heterocycles. The van der Waals surface area contributed by atoms with E-state index in [2.05, 4.69) is 10.1 Å². The highest BCUT2D eigenvalue weighted by Crippen LogP contribution is 2.26. The summed E-state index contributed by atoms with van der Waals surface area (Å²) in [7, 11) is 0. The lowest BCUT2D eigenvalue weighted by atomic mass is 10.1. The Hall–Kier alpha value is -3.13. The van der Waals surface area contributed by atoms with Crippen LogP contribution in [0, 0.1) is 0 Å². The molecule has 0 aliphatic heterocycles. The molecule has 0 bridgehead atoms. The smallest absolute Gasteiger partial charge is 0.154 e. The molecule has 0 aliphatic carbocycles. The molecule has 0 fully saturated rings. The monoisotopic (exact) mass is 389 g/mol. The number of pyridine rings is 2. The molecule has 1 aromatic carbocycles. The fourth-order valence-electron chi connectivity index (χ4n) is 3.31. The molecule has 0 saturated carbocycles. The predicted molar refractivity (Wildman–Crippen MR) is 111 cm³/mol. The molecule has 4 aromatic rings. The van der Waals surface area contributed by atoms with E-state index < -0.39 is 0 Å². The van der Waals surface area contributed by atoms with E-state index in [9.17, 15) is 5.11 Å². The third-order valence-electron chi connectivity index (χ3n) is 4.86. The maximum absolute atomic E-state index is 9.37. The normalized spacial score (nSPS) is 12.4. The standard InChI is InChI=1S/C22H23N5O2/c23-18(5-3-11-28)20-7-2-6-19(26-20)15-9-10-16-13-24-27(21(16)12-15)22-8-1-4-17(14-29)25-22/h1-2,4,6-10,12-13,18,28-29H,3,5,11,14,23H2/t18-/m0/s1. The lowest BCUT2D eigenvalue weighted by molar-refractivity contribution is 0.276. The summed E-state index contributed by atoms with van der Waals surface area (Å²) in [6.07, 6.45) is 3.13. The van der Waals surface area contributed by atoms with E-state index in [1.807, 2.05) is 48.5 Å². The van der Waals surface area contributed by atoms with Crippen molar-refractivity contribution >= 4 is 10.9 Å². The molecule has 0 saturated heterocycles. The first-order valence-electron chi connectivity index (χ1n) is 9.58. The van der Waals surface area contributed by atoms with Crippen molar-refractivity contribution in [2.75, 3.05) is 6.61 Å². The Bertz CT molecular complexity index is 1130. The summed E-state index contributed by atoms with van der Waals surface area (Å²) in [4.78, 5) is 9.18. The summed E-state index contributed by atoms with van der Waals surface area (Å²) in [5.41, 5.74) is 10.3. The molecule has 4 rings (SSSR count). The third kappa shape index (κ3) is 4.02. The van der Waals surface area contributed by atoms with Gasteiger partial charge in [0.1, 0.15) is 0 Å². The van der Waals surface area contributed by atoms with Crippen LogP contribution in [0.1, 0.15) is 30.3 Å². The highest BCUT2D eigenvalue weighted by atomic mass is 16.3. The molecule has 148 valence electrons. The highest BCUT2D eigenvalue weighted by Gasteiger charge is 2.12. The summed E-state index contributed by atoms with van der Waals surface area (Å²) in [5, 5.41) is 23.8. The number of nitrogens with two attached hydrogens (primary N) is 1. The zero-order valence-electron chi connectivity index (χ0n) is 15.9. The van der Waals surface area contributed by atoms with Crippen molar-refractivity contribution in [2.45, 2.75) is 25.5 Å². The van der Waals surface area contributed by atoms with Crippen molar-refractivity contribution in [3.63, 3.8) is 0 Å². The average Bonchev–Trinajstić information content (AvgIpc) is 3.21. The number of hydrogen-bond donors (Lipinski definition) is 3. The average molecular weight is 389 g/mol. The maximum atomic E-state index is 9.37. The van der Waals surface area contributed by atoms with Crippen LogP contribution in [0.25, 0.3) is 28.0 Å². The third-order valence-corrected chi connectivity index (χ3v) is 4.86. The van der Waals surface area contributed by atoms with Gasteiger partial charge in [-0.3, -0.25) is 4.98 Å². The van der Waals surface area contributed by atoms with Crippen LogP contribution in [0.2, 0.25) is 0 Å². The van der Waals surface area contributed by atoms with Gasteiger partial charge in [0.15, 0.2) is 5.82 Å². The molecular formula is C22H23N5O2. The van der Waals surface area contributed by atoms with Gasteiger partial charge >= 0.3 is 0 Å². The van der Waals surface area contributed by atoms with Gasteiger partial charge < -0.3 is 15.9 Å². The van der Waals surface area contributed by atoms with Crippen molar-refractivity contribution < 1.29 is 10.2 Å². The van der Waals surface area contributed by atoms with Crippen molar-refractivity contribution in [2.24, 2.45) is 5.73 Å². The second-order valence-corrected chi connectivity index (χ2v) is 6.90. The van der Waals surface area contributed by atoms with Crippen molar-refractivity contribution in [3.8, 4) is 17.1 Å². The Morgan fingerprint density at radius 2 is 1.86 bits per heavy atom. The van der Waals surface area contributed by atoms with Crippen molar-refractivity contribution in [3.05, 3.63) is 72.2 Å². The maximum Gasteiger partial charge on any atom is 0.154 e. The van der Waals surface area contributed by atoms with Crippen LogP contribution in [0.4, 0.5) is 0 Å². The van der Waals surface area contributed by atoms with Crippen LogP contribution in [-0.2, 0) is 6.61 Å². The first-order chi connectivity index (χ1) is 14.2. The second kappa shape index (κ2) is 8.48. The molecule has 0 unspecified atom stereocenters. The van der Waals surface area contributed by atoms with E-state index in [0.717, 1.165) is 27.9 Å². The quantitative estimate of drug-likeness (QED) is 0.448. The molecule has 0 radical (unpaired) electrons.